The van der Waals surface area contributed by atoms with Crippen LogP contribution in [0.15, 0.2) is 61.1 Å². The number of anilines is 1. The van der Waals surface area contributed by atoms with Crippen LogP contribution in [0.2, 0.25) is 5.02 Å². The third kappa shape index (κ3) is 5.64. The Kier molecular flexibility index (Phi) is 7.57. The zero-order valence-electron chi connectivity index (χ0n) is 20.8. The average Bonchev–Trinajstić information content (AvgIpc) is 3.35. The van der Waals surface area contributed by atoms with Gasteiger partial charge in [-0.25, -0.2) is 9.97 Å². The summed E-state index contributed by atoms with van der Waals surface area (Å²) in [6.45, 7) is 1.46. The topological polar surface area (TPSA) is 129 Å². The van der Waals surface area contributed by atoms with Gasteiger partial charge in [0.15, 0.2) is 5.78 Å². The first-order valence-electron chi connectivity index (χ1n) is 12.5. The molecular weight excluding hydrogens is 506 g/mol. The number of aromatic amines is 1. The summed E-state index contributed by atoms with van der Waals surface area (Å²) in [6.07, 6.45) is 5.21. The van der Waals surface area contributed by atoms with Crippen molar-refractivity contribution in [1.29, 1.82) is 0 Å². The van der Waals surface area contributed by atoms with Crippen LogP contribution in [0.1, 0.15) is 48.5 Å². The quantitative estimate of drug-likeness (QED) is 0.238. The molecule has 1 aliphatic carbocycles. The van der Waals surface area contributed by atoms with Crippen molar-refractivity contribution >= 4 is 40.1 Å². The molecule has 1 unspecified atom stereocenters. The molecule has 0 spiro atoms. The van der Waals surface area contributed by atoms with Crippen molar-refractivity contribution in [2.24, 2.45) is 0 Å². The van der Waals surface area contributed by atoms with Gasteiger partial charge in [-0.3, -0.25) is 9.59 Å². The van der Waals surface area contributed by atoms with Crippen molar-refractivity contribution in [3.8, 4) is 11.5 Å². The van der Waals surface area contributed by atoms with Gasteiger partial charge >= 0.3 is 0 Å². The molecule has 1 atom stereocenters. The first-order chi connectivity index (χ1) is 18.4. The summed E-state index contributed by atoms with van der Waals surface area (Å²) < 4.78 is 5.83. The summed E-state index contributed by atoms with van der Waals surface area (Å²) in [5.41, 5.74) is 1.31. The Morgan fingerprint density at radius 2 is 1.76 bits per heavy atom. The minimum absolute atomic E-state index is 0.0287. The number of rotatable bonds is 8. The monoisotopic (exact) mass is 533 g/mol. The number of carbonyl (C=O) groups excluding carboxylic acids is 2. The number of carbonyl (C=O) groups is 2. The summed E-state index contributed by atoms with van der Waals surface area (Å²) >= 11 is 6.52. The van der Waals surface area contributed by atoms with Gasteiger partial charge < -0.3 is 25.5 Å². The second kappa shape index (κ2) is 11.2. The number of amides is 1. The van der Waals surface area contributed by atoms with E-state index < -0.39 is 6.10 Å². The van der Waals surface area contributed by atoms with Gasteiger partial charge in [0.25, 0.3) is 0 Å². The van der Waals surface area contributed by atoms with Crippen molar-refractivity contribution in [3.63, 3.8) is 0 Å². The number of ketones is 1. The fourth-order valence-electron chi connectivity index (χ4n) is 4.66. The molecule has 2 heterocycles. The maximum atomic E-state index is 13.6. The van der Waals surface area contributed by atoms with Crippen LogP contribution < -0.4 is 15.4 Å². The molecule has 9 nitrogen and oxygen atoms in total. The van der Waals surface area contributed by atoms with E-state index in [2.05, 4.69) is 25.6 Å². The fraction of sp³-hybridized carbons (Fsp3) is 0.286. The zero-order valence-corrected chi connectivity index (χ0v) is 21.5. The minimum atomic E-state index is -1.02. The van der Waals surface area contributed by atoms with E-state index in [-0.39, 0.29) is 28.8 Å². The van der Waals surface area contributed by atoms with Gasteiger partial charge in [-0.2, -0.15) is 0 Å². The molecule has 0 bridgehead atoms. The van der Waals surface area contributed by atoms with Crippen molar-refractivity contribution < 1.29 is 19.4 Å². The molecule has 0 saturated heterocycles. The molecule has 0 aliphatic heterocycles. The van der Waals surface area contributed by atoms with Crippen molar-refractivity contribution in [2.75, 3.05) is 5.32 Å². The number of halogens is 1. The Morgan fingerprint density at radius 3 is 2.47 bits per heavy atom. The Bertz CT molecular complexity index is 1450. The molecule has 4 aromatic rings. The van der Waals surface area contributed by atoms with E-state index in [9.17, 15) is 14.7 Å². The molecule has 2 aromatic carbocycles. The number of nitrogens with one attached hydrogen (secondary N) is 3. The van der Waals surface area contributed by atoms with Crippen molar-refractivity contribution in [2.45, 2.75) is 50.8 Å². The highest BCUT2D eigenvalue weighted by Gasteiger charge is 2.26. The van der Waals surface area contributed by atoms with Crippen LogP contribution in [0.25, 0.3) is 11.0 Å². The van der Waals surface area contributed by atoms with Crippen LogP contribution in [0.4, 0.5) is 5.82 Å². The van der Waals surface area contributed by atoms with E-state index in [4.69, 9.17) is 16.3 Å². The van der Waals surface area contributed by atoms with E-state index in [1.165, 1.54) is 13.3 Å². The molecule has 2 aromatic heterocycles. The van der Waals surface area contributed by atoms with Crippen LogP contribution >= 0.6 is 11.6 Å². The lowest BCUT2D eigenvalue weighted by molar-refractivity contribution is -0.129. The second-order valence-corrected chi connectivity index (χ2v) is 9.82. The molecule has 196 valence electrons. The first-order valence-corrected chi connectivity index (χ1v) is 12.9. The number of hydrogen-bond donors (Lipinski definition) is 4. The lowest BCUT2D eigenvalue weighted by Gasteiger charge is -2.30. The Labute approximate surface area is 224 Å². The standard InChI is InChI=1S/C28H28ClN5O4/c1-16(35)28(37)34-18-9-7-17(8-10-18)33-27-24-22(14-30-26(24)31-15-32-27)25(36)21-12-11-20(13-23(21)29)38-19-5-3-2-4-6-19/h2-6,11-18,35H,7-10H2,1H3,(H,34,37)(H2,30,31,32,33). The summed E-state index contributed by atoms with van der Waals surface area (Å²) in [5.74, 6) is 1.16. The molecule has 10 heteroatoms. The van der Waals surface area contributed by atoms with Gasteiger partial charge in [0.2, 0.25) is 5.91 Å². The predicted octanol–water partition coefficient (Wildman–Crippen LogP) is 4.85. The number of fused-ring (bicyclic) bond motifs is 1. The third-order valence-electron chi connectivity index (χ3n) is 6.67. The molecule has 1 saturated carbocycles. The molecule has 0 radical (unpaired) electrons. The number of hydrogen-bond acceptors (Lipinski definition) is 7. The molecule has 4 N–H and O–H groups in total. The second-order valence-electron chi connectivity index (χ2n) is 9.41. The SMILES string of the molecule is CC(O)C(=O)NC1CCC(Nc2ncnc3[nH]cc(C(=O)c4ccc(Oc5ccccc5)cc4Cl)c23)CC1. The summed E-state index contributed by atoms with van der Waals surface area (Å²) in [5, 5.41) is 16.7. The molecule has 38 heavy (non-hydrogen) atoms. The van der Waals surface area contributed by atoms with E-state index in [1.54, 1.807) is 24.4 Å². The number of ether oxygens (including phenoxy) is 1. The summed E-state index contributed by atoms with van der Waals surface area (Å²) in [4.78, 5) is 37.2. The number of aliphatic hydroxyl groups excluding tert-OH is 1. The number of benzene rings is 2. The Hall–Kier alpha value is -3.95. The normalized spacial score (nSPS) is 18.1. The minimum Gasteiger partial charge on any atom is -0.457 e. The predicted molar refractivity (Wildman–Crippen MR) is 145 cm³/mol. The van der Waals surface area contributed by atoms with Crippen LogP contribution in [0, 0.1) is 0 Å². The zero-order chi connectivity index (χ0) is 26.6. The largest absolute Gasteiger partial charge is 0.457 e. The maximum Gasteiger partial charge on any atom is 0.248 e. The highest BCUT2D eigenvalue weighted by Crippen LogP contribution is 2.32. The number of aliphatic hydroxyl groups is 1. The Morgan fingerprint density at radius 1 is 1.03 bits per heavy atom. The fourth-order valence-corrected chi connectivity index (χ4v) is 4.92. The van der Waals surface area contributed by atoms with Crippen LogP contribution in [-0.2, 0) is 4.79 Å². The molecule has 1 aliphatic rings. The molecule has 1 fully saturated rings. The third-order valence-corrected chi connectivity index (χ3v) is 6.99. The highest BCUT2D eigenvalue weighted by atomic mass is 35.5. The van der Waals surface area contributed by atoms with E-state index in [0.29, 0.717) is 39.5 Å². The maximum absolute atomic E-state index is 13.6. The molecule has 5 rings (SSSR count). The van der Waals surface area contributed by atoms with Crippen molar-refractivity contribution in [3.05, 3.63) is 77.2 Å². The van der Waals surface area contributed by atoms with Gasteiger partial charge in [-0.05, 0) is 56.9 Å². The van der Waals surface area contributed by atoms with E-state index >= 15 is 0 Å². The van der Waals surface area contributed by atoms with E-state index in [0.717, 1.165) is 25.7 Å². The van der Waals surface area contributed by atoms with E-state index in [1.807, 2.05) is 30.3 Å². The van der Waals surface area contributed by atoms with Gasteiger partial charge in [-0.1, -0.05) is 29.8 Å². The lowest BCUT2D eigenvalue weighted by atomic mass is 9.91. The van der Waals surface area contributed by atoms with Gasteiger partial charge in [0.05, 0.1) is 16.0 Å². The number of H-pyrrole nitrogens is 1. The van der Waals surface area contributed by atoms with Crippen LogP contribution in [0.5, 0.6) is 11.5 Å². The van der Waals surface area contributed by atoms with Crippen LogP contribution in [0.3, 0.4) is 0 Å². The molecule has 1 amide bonds. The highest BCUT2D eigenvalue weighted by molar-refractivity contribution is 6.35. The summed E-state index contributed by atoms with van der Waals surface area (Å²) in [7, 11) is 0. The van der Waals surface area contributed by atoms with Gasteiger partial charge in [0, 0.05) is 29.9 Å². The van der Waals surface area contributed by atoms with Gasteiger partial charge in [-0.15, -0.1) is 0 Å². The smallest absolute Gasteiger partial charge is 0.248 e. The van der Waals surface area contributed by atoms with Crippen molar-refractivity contribution in [1.82, 2.24) is 20.3 Å². The Balaban J connectivity index is 1.32. The first kappa shape index (κ1) is 25.7. The molecular formula is C28H28ClN5O4. The number of para-hydroxylation sites is 1. The number of aromatic nitrogens is 3. The lowest BCUT2D eigenvalue weighted by Crippen LogP contribution is -2.43. The van der Waals surface area contributed by atoms with Crippen LogP contribution in [-0.4, -0.2) is 49.9 Å². The average molecular weight is 534 g/mol. The summed E-state index contributed by atoms with van der Waals surface area (Å²) in [6, 6.07) is 14.5. The van der Waals surface area contributed by atoms with Gasteiger partial charge in [0.1, 0.15) is 35.4 Å². The number of nitrogens with zero attached hydrogens (tertiary/aromatic N) is 2.